The zero-order chi connectivity index (χ0) is 24.9. The lowest BCUT2D eigenvalue weighted by Crippen LogP contribution is -2.27. The van der Waals surface area contributed by atoms with Crippen molar-refractivity contribution < 1.29 is 19.0 Å². The summed E-state index contributed by atoms with van der Waals surface area (Å²) in [6.45, 7) is 2.75. The van der Waals surface area contributed by atoms with E-state index < -0.39 is 0 Å². The highest BCUT2D eigenvalue weighted by Crippen LogP contribution is 2.38. The second kappa shape index (κ2) is 11.4. The van der Waals surface area contributed by atoms with Crippen LogP contribution in [0.2, 0.25) is 10.0 Å². The molecule has 0 unspecified atom stereocenters. The summed E-state index contributed by atoms with van der Waals surface area (Å²) in [5.41, 5.74) is 2.28. The maximum atomic E-state index is 13.1. The third kappa shape index (κ3) is 5.93. The molecule has 1 heterocycles. The number of ether oxygens (including phenoxy) is 3. The van der Waals surface area contributed by atoms with Crippen molar-refractivity contribution in [3.8, 4) is 17.2 Å². The van der Waals surface area contributed by atoms with E-state index in [0.717, 1.165) is 16.9 Å². The second-order valence-electron chi connectivity index (χ2n) is 7.38. The number of amides is 1. The van der Waals surface area contributed by atoms with Crippen LogP contribution in [-0.4, -0.2) is 23.9 Å². The summed E-state index contributed by atoms with van der Waals surface area (Å²) in [5.74, 6) is 1.65. The van der Waals surface area contributed by atoms with Gasteiger partial charge in [-0.1, -0.05) is 59.3 Å². The van der Waals surface area contributed by atoms with Crippen molar-refractivity contribution in [3.63, 3.8) is 0 Å². The molecule has 9 heteroatoms. The molecule has 0 aromatic heterocycles. The van der Waals surface area contributed by atoms with Crippen LogP contribution in [0.5, 0.6) is 17.2 Å². The number of hydrogen-bond donors (Lipinski definition) is 0. The zero-order valence-corrected chi connectivity index (χ0v) is 22.1. The van der Waals surface area contributed by atoms with Gasteiger partial charge in [0.2, 0.25) is 0 Å². The van der Waals surface area contributed by atoms with Crippen molar-refractivity contribution >= 4 is 69.2 Å². The average Bonchev–Trinajstić information content (AvgIpc) is 3.12. The third-order valence-electron chi connectivity index (χ3n) is 5.08. The highest BCUT2D eigenvalue weighted by Gasteiger charge is 2.33. The maximum absolute atomic E-state index is 13.1. The minimum absolute atomic E-state index is 0.180. The zero-order valence-electron chi connectivity index (χ0n) is 18.9. The number of hydrogen-bond acceptors (Lipinski definition) is 6. The van der Waals surface area contributed by atoms with Gasteiger partial charge >= 0.3 is 0 Å². The molecule has 1 amide bonds. The van der Waals surface area contributed by atoms with Gasteiger partial charge in [-0.2, -0.15) is 0 Å². The fourth-order valence-electron chi connectivity index (χ4n) is 3.39. The molecule has 1 aliphatic heterocycles. The summed E-state index contributed by atoms with van der Waals surface area (Å²) < 4.78 is 17.4. The number of benzene rings is 3. The van der Waals surface area contributed by atoms with E-state index in [9.17, 15) is 4.79 Å². The minimum atomic E-state index is -0.180. The molecule has 0 atom stereocenters. The van der Waals surface area contributed by atoms with Crippen molar-refractivity contribution in [1.29, 1.82) is 0 Å². The Balaban J connectivity index is 1.50. The van der Waals surface area contributed by atoms with Crippen LogP contribution in [0.1, 0.15) is 18.1 Å². The van der Waals surface area contributed by atoms with E-state index in [4.69, 9.17) is 49.6 Å². The smallest absolute Gasteiger partial charge is 0.270 e. The van der Waals surface area contributed by atoms with Crippen LogP contribution in [-0.2, 0) is 11.4 Å². The quantitative estimate of drug-likeness (QED) is 0.217. The molecule has 0 aliphatic carbocycles. The van der Waals surface area contributed by atoms with E-state index in [0.29, 0.717) is 43.1 Å². The van der Waals surface area contributed by atoms with Crippen molar-refractivity contribution in [2.45, 2.75) is 13.5 Å². The van der Waals surface area contributed by atoms with E-state index in [2.05, 4.69) is 0 Å². The van der Waals surface area contributed by atoms with Gasteiger partial charge in [-0.15, -0.1) is 0 Å². The molecule has 3 aromatic rings. The number of carbonyl (C=O) groups is 1. The normalized spacial score (nSPS) is 14.5. The van der Waals surface area contributed by atoms with Gasteiger partial charge in [-0.3, -0.25) is 9.69 Å². The summed E-state index contributed by atoms with van der Waals surface area (Å²) in [4.78, 5) is 15.1. The number of nitrogens with zero attached hydrogens (tertiary/aromatic N) is 1. The van der Waals surface area contributed by atoms with Crippen molar-refractivity contribution in [2.24, 2.45) is 0 Å². The first-order valence-electron chi connectivity index (χ1n) is 10.6. The number of methoxy groups -OCH3 is 1. The summed E-state index contributed by atoms with van der Waals surface area (Å²) in [5, 5.41) is 1.09. The monoisotopic (exact) mass is 545 g/mol. The number of rotatable bonds is 8. The van der Waals surface area contributed by atoms with E-state index >= 15 is 0 Å². The lowest BCUT2D eigenvalue weighted by atomic mass is 10.1. The fourth-order valence-corrected chi connectivity index (χ4v) is 5.15. The molecule has 1 saturated heterocycles. The maximum Gasteiger partial charge on any atom is 0.270 e. The van der Waals surface area contributed by atoms with Crippen LogP contribution in [0.15, 0.2) is 65.6 Å². The van der Waals surface area contributed by atoms with Gasteiger partial charge < -0.3 is 14.2 Å². The van der Waals surface area contributed by atoms with E-state index in [1.54, 1.807) is 31.4 Å². The third-order valence-corrected chi connectivity index (χ3v) is 6.97. The Labute approximate surface area is 223 Å². The van der Waals surface area contributed by atoms with Gasteiger partial charge in [0.15, 0.2) is 15.8 Å². The Morgan fingerprint density at radius 1 is 1.00 bits per heavy atom. The van der Waals surface area contributed by atoms with E-state index in [1.807, 2.05) is 49.4 Å². The molecule has 5 nitrogen and oxygen atoms in total. The Kier molecular flexibility index (Phi) is 8.23. The van der Waals surface area contributed by atoms with Crippen LogP contribution in [0.25, 0.3) is 6.08 Å². The first-order chi connectivity index (χ1) is 16.9. The lowest BCUT2D eigenvalue weighted by Gasteiger charge is -2.15. The number of thiocarbonyl (C=S) groups is 1. The molecule has 180 valence electrons. The largest absolute Gasteiger partial charge is 0.494 e. The number of halogens is 2. The molecule has 1 fully saturated rings. The van der Waals surface area contributed by atoms with Crippen LogP contribution >= 0.6 is 47.2 Å². The van der Waals surface area contributed by atoms with Crippen LogP contribution in [0.3, 0.4) is 0 Å². The van der Waals surface area contributed by atoms with Gasteiger partial charge in [0.05, 0.1) is 24.3 Å². The van der Waals surface area contributed by atoms with Gasteiger partial charge in [0.1, 0.15) is 12.4 Å². The lowest BCUT2D eigenvalue weighted by molar-refractivity contribution is -0.113. The van der Waals surface area contributed by atoms with Crippen molar-refractivity contribution in [3.05, 3.63) is 86.7 Å². The molecule has 1 aliphatic rings. The predicted octanol–water partition coefficient (Wildman–Crippen LogP) is 7.39. The minimum Gasteiger partial charge on any atom is -0.494 e. The van der Waals surface area contributed by atoms with Gasteiger partial charge in [0, 0.05) is 15.6 Å². The van der Waals surface area contributed by atoms with Crippen LogP contribution in [0.4, 0.5) is 5.69 Å². The molecular weight excluding hydrogens is 525 g/mol. The molecule has 0 saturated carbocycles. The predicted molar refractivity (Wildman–Crippen MR) is 147 cm³/mol. The topological polar surface area (TPSA) is 48.0 Å². The Morgan fingerprint density at radius 3 is 2.46 bits per heavy atom. The van der Waals surface area contributed by atoms with Crippen LogP contribution in [0, 0.1) is 0 Å². The van der Waals surface area contributed by atoms with E-state index in [1.165, 1.54) is 16.7 Å². The summed E-state index contributed by atoms with van der Waals surface area (Å²) in [6.07, 6.45) is 1.79. The number of anilines is 1. The van der Waals surface area contributed by atoms with E-state index in [-0.39, 0.29) is 12.5 Å². The Bertz CT molecular complexity index is 1300. The molecule has 0 spiro atoms. The molecule has 3 aromatic carbocycles. The van der Waals surface area contributed by atoms with Gasteiger partial charge in [0.25, 0.3) is 5.91 Å². The Morgan fingerprint density at radius 2 is 1.77 bits per heavy atom. The summed E-state index contributed by atoms with van der Waals surface area (Å²) >= 11 is 18.9. The Hall–Kier alpha value is -2.71. The number of thioether (sulfide) groups is 1. The fraction of sp³-hybridized carbons (Fsp3) is 0.154. The second-order valence-corrected chi connectivity index (χ2v) is 9.90. The SMILES string of the molecule is CCOc1ccc(N2C(=O)/C(=C\c3ccc(OCc4ccc(Cl)cc4Cl)c(OC)c3)SC2=S)cc1. The average molecular weight is 546 g/mol. The highest BCUT2D eigenvalue weighted by molar-refractivity contribution is 8.27. The van der Waals surface area contributed by atoms with Gasteiger partial charge in [-0.25, -0.2) is 0 Å². The highest BCUT2D eigenvalue weighted by atomic mass is 35.5. The first-order valence-corrected chi connectivity index (χ1v) is 12.6. The van der Waals surface area contributed by atoms with Crippen LogP contribution < -0.4 is 19.1 Å². The number of carbonyl (C=O) groups excluding carboxylic acids is 1. The molecule has 0 radical (unpaired) electrons. The standard InChI is InChI=1S/C26H21Cl2NO4S2/c1-3-32-20-9-7-19(8-10-20)29-25(30)24(35-26(29)34)13-16-4-11-22(23(12-16)31-2)33-15-17-5-6-18(27)14-21(17)28/h4-14H,3,15H2,1-2H3/b24-13+. The molecular formula is C26H21Cl2NO4S2. The molecule has 35 heavy (non-hydrogen) atoms. The summed E-state index contributed by atoms with van der Waals surface area (Å²) in [7, 11) is 1.56. The summed E-state index contributed by atoms with van der Waals surface area (Å²) in [6, 6.07) is 18.0. The molecule has 4 rings (SSSR count). The first kappa shape index (κ1) is 25.4. The van der Waals surface area contributed by atoms with Crippen molar-refractivity contribution in [2.75, 3.05) is 18.6 Å². The molecule has 0 N–H and O–H groups in total. The van der Waals surface area contributed by atoms with Crippen molar-refractivity contribution in [1.82, 2.24) is 0 Å². The molecule has 0 bridgehead atoms. The van der Waals surface area contributed by atoms with Gasteiger partial charge in [-0.05, 0) is 67.1 Å².